The van der Waals surface area contributed by atoms with Crippen molar-refractivity contribution in [2.24, 2.45) is 0 Å². The summed E-state index contributed by atoms with van der Waals surface area (Å²) >= 11 is 0. The van der Waals surface area contributed by atoms with Gasteiger partial charge in [0.2, 0.25) is 0 Å². The van der Waals surface area contributed by atoms with E-state index in [9.17, 15) is 0 Å². The fourth-order valence-electron chi connectivity index (χ4n) is 1.05. The van der Waals surface area contributed by atoms with Gasteiger partial charge in [-0.2, -0.15) is 5.26 Å². The minimum Gasteiger partial charge on any atom is -0.288 e. The summed E-state index contributed by atoms with van der Waals surface area (Å²) in [5, 5.41) is 8.44. The molecule has 0 bridgehead atoms. The van der Waals surface area contributed by atoms with Crippen molar-refractivity contribution in [1.82, 2.24) is 14.9 Å². The first-order valence-corrected chi connectivity index (χ1v) is 4.05. The van der Waals surface area contributed by atoms with E-state index in [4.69, 9.17) is 5.26 Å². The number of nitriles is 1. The van der Waals surface area contributed by atoms with Crippen LogP contribution in [-0.4, -0.2) is 28.5 Å². The molecule has 0 aliphatic rings. The molecule has 0 spiro atoms. The molecule has 0 radical (unpaired) electrons. The maximum atomic E-state index is 8.44. The van der Waals surface area contributed by atoms with Gasteiger partial charge in [-0.15, -0.1) is 0 Å². The Hall–Kier alpha value is -1.47. The first-order chi connectivity index (χ1) is 6.22. The van der Waals surface area contributed by atoms with E-state index >= 15 is 0 Å². The van der Waals surface area contributed by atoms with Crippen LogP contribution in [0.1, 0.15) is 11.4 Å². The van der Waals surface area contributed by atoms with Gasteiger partial charge in [-0.25, -0.2) is 9.97 Å². The molecule has 1 rings (SSSR count). The van der Waals surface area contributed by atoms with Gasteiger partial charge in [0.05, 0.1) is 18.3 Å². The highest BCUT2D eigenvalue weighted by Gasteiger charge is 2.00. The average Bonchev–Trinajstić information content (AvgIpc) is 2.04. The molecule has 4 heteroatoms. The molecule has 0 N–H and O–H groups in total. The molecule has 1 aromatic heterocycles. The minimum atomic E-state index is 0.420. The van der Waals surface area contributed by atoms with Gasteiger partial charge in [0, 0.05) is 12.2 Å². The Balaban J connectivity index is 2.59. The third-order valence-corrected chi connectivity index (χ3v) is 1.63. The number of hydrogen-bond acceptors (Lipinski definition) is 4. The fraction of sp³-hybridized carbons (Fsp3) is 0.444. The number of nitrogens with zero attached hydrogens (tertiary/aromatic N) is 4. The topological polar surface area (TPSA) is 52.8 Å². The summed E-state index contributed by atoms with van der Waals surface area (Å²) in [4.78, 5) is 10.0. The zero-order valence-electron chi connectivity index (χ0n) is 7.86. The molecule has 0 aliphatic heterocycles. The second-order valence-corrected chi connectivity index (χ2v) is 2.98. The lowest BCUT2D eigenvalue weighted by Gasteiger charge is -2.11. The summed E-state index contributed by atoms with van der Waals surface area (Å²) < 4.78 is 0. The first kappa shape index (κ1) is 9.62. The van der Waals surface area contributed by atoms with Crippen molar-refractivity contribution in [2.75, 3.05) is 13.6 Å². The molecule has 0 saturated heterocycles. The van der Waals surface area contributed by atoms with Crippen molar-refractivity contribution in [3.05, 3.63) is 23.8 Å². The van der Waals surface area contributed by atoms with E-state index < -0.39 is 0 Å². The first-order valence-electron chi connectivity index (χ1n) is 4.05. The van der Waals surface area contributed by atoms with Gasteiger partial charge in [0.1, 0.15) is 6.33 Å². The van der Waals surface area contributed by atoms with Crippen molar-refractivity contribution in [3.8, 4) is 6.07 Å². The van der Waals surface area contributed by atoms with Crippen LogP contribution in [0.25, 0.3) is 0 Å². The Morgan fingerprint density at radius 1 is 1.54 bits per heavy atom. The van der Waals surface area contributed by atoms with Gasteiger partial charge in [-0.05, 0) is 20.0 Å². The summed E-state index contributed by atoms with van der Waals surface area (Å²) in [7, 11) is 1.89. The van der Waals surface area contributed by atoms with Crippen molar-refractivity contribution >= 4 is 0 Å². The largest absolute Gasteiger partial charge is 0.288 e. The van der Waals surface area contributed by atoms with E-state index in [1.54, 1.807) is 6.33 Å². The van der Waals surface area contributed by atoms with Crippen molar-refractivity contribution in [1.29, 1.82) is 5.26 Å². The second-order valence-electron chi connectivity index (χ2n) is 2.98. The average molecular weight is 176 g/mol. The molecule has 0 unspecified atom stereocenters. The highest BCUT2D eigenvalue weighted by molar-refractivity contribution is 5.06. The summed E-state index contributed by atoms with van der Waals surface area (Å²) in [5.74, 6) is 0. The minimum absolute atomic E-state index is 0.420. The number of hydrogen-bond donors (Lipinski definition) is 0. The SMILES string of the molecule is Cc1cc(CN(C)CC#N)ncn1. The highest BCUT2D eigenvalue weighted by Crippen LogP contribution is 1.99. The number of aromatic nitrogens is 2. The van der Waals surface area contributed by atoms with Crippen LogP contribution >= 0.6 is 0 Å². The number of rotatable bonds is 3. The number of aryl methyl sites for hydroxylation is 1. The van der Waals surface area contributed by atoms with E-state index in [1.165, 1.54) is 0 Å². The lowest BCUT2D eigenvalue weighted by Crippen LogP contribution is -2.18. The van der Waals surface area contributed by atoms with Gasteiger partial charge in [0.25, 0.3) is 0 Å². The molecule has 0 aliphatic carbocycles. The second kappa shape index (κ2) is 4.53. The van der Waals surface area contributed by atoms with Gasteiger partial charge in [0.15, 0.2) is 0 Å². The van der Waals surface area contributed by atoms with E-state index in [0.29, 0.717) is 13.1 Å². The molecule has 0 amide bonds. The van der Waals surface area contributed by atoms with E-state index in [-0.39, 0.29) is 0 Å². The summed E-state index contributed by atoms with van der Waals surface area (Å²) in [6.45, 7) is 3.04. The van der Waals surface area contributed by atoms with Gasteiger partial charge < -0.3 is 0 Å². The molecule has 0 saturated carbocycles. The van der Waals surface area contributed by atoms with Crippen LogP contribution in [0.4, 0.5) is 0 Å². The summed E-state index contributed by atoms with van der Waals surface area (Å²) in [6.07, 6.45) is 1.55. The van der Waals surface area contributed by atoms with Crippen LogP contribution in [-0.2, 0) is 6.54 Å². The van der Waals surface area contributed by atoms with E-state index in [2.05, 4.69) is 16.0 Å². The van der Waals surface area contributed by atoms with Crippen LogP contribution in [0.2, 0.25) is 0 Å². The van der Waals surface area contributed by atoms with E-state index in [0.717, 1.165) is 11.4 Å². The van der Waals surface area contributed by atoms with Crippen molar-refractivity contribution in [2.45, 2.75) is 13.5 Å². The maximum Gasteiger partial charge on any atom is 0.115 e. The zero-order chi connectivity index (χ0) is 9.68. The molecule has 1 aromatic rings. The molecule has 0 atom stereocenters. The Morgan fingerprint density at radius 2 is 2.31 bits per heavy atom. The van der Waals surface area contributed by atoms with Crippen LogP contribution < -0.4 is 0 Å². The Morgan fingerprint density at radius 3 is 2.92 bits per heavy atom. The van der Waals surface area contributed by atoms with Crippen molar-refractivity contribution < 1.29 is 0 Å². The highest BCUT2D eigenvalue weighted by atomic mass is 15.1. The Bertz CT molecular complexity index is 316. The van der Waals surface area contributed by atoms with Crippen LogP contribution in [0.5, 0.6) is 0 Å². The monoisotopic (exact) mass is 176 g/mol. The molecule has 68 valence electrons. The lowest BCUT2D eigenvalue weighted by atomic mass is 10.3. The standard InChI is InChI=1S/C9H12N4/c1-8-5-9(12-7-11-8)6-13(2)4-3-10/h5,7H,4,6H2,1-2H3. The summed E-state index contributed by atoms with van der Waals surface area (Å²) in [6, 6.07) is 4.01. The predicted molar refractivity (Wildman–Crippen MR) is 48.7 cm³/mol. The lowest BCUT2D eigenvalue weighted by molar-refractivity contribution is 0.362. The molecule has 1 heterocycles. The van der Waals surface area contributed by atoms with Crippen molar-refractivity contribution in [3.63, 3.8) is 0 Å². The van der Waals surface area contributed by atoms with Gasteiger partial charge >= 0.3 is 0 Å². The quantitative estimate of drug-likeness (QED) is 0.637. The maximum absolute atomic E-state index is 8.44. The van der Waals surface area contributed by atoms with Gasteiger partial charge in [-0.1, -0.05) is 0 Å². The molecule has 0 fully saturated rings. The van der Waals surface area contributed by atoms with Crippen LogP contribution in [0.15, 0.2) is 12.4 Å². The third-order valence-electron chi connectivity index (χ3n) is 1.63. The predicted octanol–water partition coefficient (Wildman–Crippen LogP) is 0.740. The van der Waals surface area contributed by atoms with Gasteiger partial charge in [-0.3, -0.25) is 4.90 Å². The molecular formula is C9H12N4. The van der Waals surface area contributed by atoms with Crippen LogP contribution in [0, 0.1) is 18.3 Å². The van der Waals surface area contributed by atoms with Crippen LogP contribution in [0.3, 0.4) is 0 Å². The smallest absolute Gasteiger partial charge is 0.115 e. The fourth-order valence-corrected chi connectivity index (χ4v) is 1.05. The third kappa shape index (κ3) is 3.18. The Kier molecular flexibility index (Phi) is 3.35. The molecular weight excluding hydrogens is 164 g/mol. The Labute approximate surface area is 77.8 Å². The molecule has 13 heavy (non-hydrogen) atoms. The summed E-state index contributed by atoms with van der Waals surface area (Å²) in [5.41, 5.74) is 1.90. The zero-order valence-corrected chi connectivity index (χ0v) is 7.86. The molecule has 4 nitrogen and oxygen atoms in total. The normalized spacial score (nSPS) is 10.0. The van der Waals surface area contributed by atoms with E-state index in [1.807, 2.05) is 24.9 Å². The molecule has 0 aromatic carbocycles.